The van der Waals surface area contributed by atoms with E-state index >= 15 is 0 Å². The number of rotatable bonds is 4. The lowest BCUT2D eigenvalue weighted by atomic mass is 10.2. The summed E-state index contributed by atoms with van der Waals surface area (Å²) in [6.07, 6.45) is 0. The zero-order valence-electron chi connectivity index (χ0n) is 11.0. The van der Waals surface area contributed by atoms with Crippen molar-refractivity contribution in [3.05, 3.63) is 40.9 Å². The Kier molecular flexibility index (Phi) is 4.13. The third-order valence-electron chi connectivity index (χ3n) is 2.59. The van der Waals surface area contributed by atoms with Gasteiger partial charge in [-0.15, -0.1) is 11.3 Å². The van der Waals surface area contributed by atoms with Gasteiger partial charge in [-0.3, -0.25) is 9.63 Å². The Morgan fingerprint density at radius 2 is 2.05 bits per heavy atom. The number of aromatic nitrogens is 1. The quantitative estimate of drug-likeness (QED) is 0.873. The van der Waals surface area contributed by atoms with Gasteiger partial charge in [0.25, 0.3) is 5.91 Å². The van der Waals surface area contributed by atoms with E-state index in [4.69, 9.17) is 4.84 Å². The number of hydroxylamine groups is 2. The van der Waals surface area contributed by atoms with Crippen molar-refractivity contribution in [1.29, 1.82) is 0 Å². The van der Waals surface area contributed by atoms with Crippen LogP contribution in [0.25, 0.3) is 0 Å². The topological polar surface area (TPSA) is 54.5 Å². The predicted octanol–water partition coefficient (Wildman–Crippen LogP) is 2.83. The lowest BCUT2D eigenvalue weighted by Gasteiger charge is -2.11. The van der Waals surface area contributed by atoms with Gasteiger partial charge in [0.2, 0.25) is 0 Å². The molecule has 0 aliphatic carbocycles. The molecule has 1 aromatic heterocycles. The monoisotopic (exact) mass is 277 g/mol. The largest absolute Gasteiger partial charge is 0.332 e. The van der Waals surface area contributed by atoms with E-state index in [1.807, 2.05) is 31.2 Å². The first-order valence-corrected chi connectivity index (χ1v) is 6.59. The molecule has 1 amide bonds. The van der Waals surface area contributed by atoms with Crippen LogP contribution in [0.5, 0.6) is 0 Å². The summed E-state index contributed by atoms with van der Waals surface area (Å²) in [5.41, 5.74) is 2.50. The number of nitrogens with zero attached hydrogens (tertiary/aromatic N) is 2. The Hall–Kier alpha value is -1.92. The second kappa shape index (κ2) is 5.81. The fourth-order valence-corrected chi connectivity index (χ4v) is 2.14. The molecule has 100 valence electrons. The molecule has 0 saturated heterocycles. The fourth-order valence-electron chi connectivity index (χ4n) is 1.43. The number of amides is 1. The number of hydrogen-bond donors (Lipinski definition) is 1. The maximum Gasteiger partial charge on any atom is 0.296 e. The minimum atomic E-state index is -0.268. The molecular formula is C13H15N3O2S. The molecule has 19 heavy (non-hydrogen) atoms. The number of thiazole rings is 1. The van der Waals surface area contributed by atoms with E-state index in [9.17, 15) is 4.79 Å². The van der Waals surface area contributed by atoms with Crippen molar-refractivity contribution in [1.82, 2.24) is 10.0 Å². The lowest BCUT2D eigenvalue weighted by molar-refractivity contribution is -0.0759. The van der Waals surface area contributed by atoms with Crippen molar-refractivity contribution >= 4 is 28.1 Å². The summed E-state index contributed by atoms with van der Waals surface area (Å²) in [6.45, 7) is 2.03. The first kappa shape index (κ1) is 13.5. The Morgan fingerprint density at radius 1 is 1.37 bits per heavy atom. The molecule has 0 atom stereocenters. The van der Waals surface area contributed by atoms with Crippen LogP contribution in [0.15, 0.2) is 29.6 Å². The summed E-state index contributed by atoms with van der Waals surface area (Å²) >= 11 is 1.38. The average Bonchev–Trinajstić information content (AvgIpc) is 2.88. The zero-order valence-corrected chi connectivity index (χ0v) is 11.8. The molecule has 5 nitrogen and oxygen atoms in total. The number of carbonyl (C=O) groups is 1. The summed E-state index contributed by atoms with van der Waals surface area (Å²) in [4.78, 5) is 20.9. The van der Waals surface area contributed by atoms with E-state index in [-0.39, 0.29) is 5.91 Å². The second-order valence-corrected chi connectivity index (χ2v) is 4.87. The summed E-state index contributed by atoms with van der Waals surface area (Å²) in [5, 5.41) is 6.68. The van der Waals surface area contributed by atoms with Crippen LogP contribution in [0, 0.1) is 6.92 Å². The Bertz CT molecular complexity index is 566. The first-order chi connectivity index (χ1) is 9.10. The van der Waals surface area contributed by atoms with Crippen LogP contribution in [0.4, 0.5) is 10.8 Å². The highest BCUT2D eigenvalue weighted by Crippen LogP contribution is 2.21. The number of hydrogen-bond acceptors (Lipinski definition) is 5. The maximum atomic E-state index is 11.8. The molecule has 0 unspecified atom stereocenters. The van der Waals surface area contributed by atoms with Crippen LogP contribution >= 0.6 is 11.3 Å². The molecule has 2 aromatic rings. The van der Waals surface area contributed by atoms with Crippen LogP contribution in [0.3, 0.4) is 0 Å². The van der Waals surface area contributed by atoms with Crippen LogP contribution in [-0.2, 0) is 4.84 Å². The molecule has 0 bridgehead atoms. The van der Waals surface area contributed by atoms with Gasteiger partial charge in [-0.1, -0.05) is 17.7 Å². The number of aryl methyl sites for hydroxylation is 1. The standard InChI is InChI=1S/C13H15N3O2S/c1-9-4-6-10(7-5-9)14-13-15-11(8-19-13)12(17)16(2)18-3/h4-8H,1-3H3,(H,14,15). The third-order valence-corrected chi connectivity index (χ3v) is 3.34. The molecule has 1 aromatic carbocycles. The molecule has 2 rings (SSSR count). The summed E-state index contributed by atoms with van der Waals surface area (Å²) in [7, 11) is 2.99. The van der Waals surface area contributed by atoms with Gasteiger partial charge in [-0.2, -0.15) is 0 Å². The van der Waals surface area contributed by atoms with Crippen molar-refractivity contribution in [3.63, 3.8) is 0 Å². The summed E-state index contributed by atoms with van der Waals surface area (Å²) in [6, 6.07) is 7.97. The fraction of sp³-hybridized carbons (Fsp3) is 0.231. The van der Waals surface area contributed by atoms with Crippen molar-refractivity contribution in [2.75, 3.05) is 19.5 Å². The normalized spacial score (nSPS) is 10.3. The van der Waals surface area contributed by atoms with Gasteiger partial charge in [0.15, 0.2) is 5.13 Å². The molecular weight excluding hydrogens is 262 g/mol. The smallest absolute Gasteiger partial charge is 0.296 e. The van der Waals surface area contributed by atoms with Crippen molar-refractivity contribution in [2.24, 2.45) is 0 Å². The number of anilines is 2. The highest BCUT2D eigenvalue weighted by molar-refractivity contribution is 7.14. The Balaban J connectivity index is 2.09. The van der Waals surface area contributed by atoms with Crippen LogP contribution in [0.1, 0.15) is 16.1 Å². The van der Waals surface area contributed by atoms with E-state index in [0.717, 1.165) is 10.8 Å². The molecule has 0 radical (unpaired) electrons. The molecule has 0 aliphatic heterocycles. The maximum absolute atomic E-state index is 11.8. The van der Waals surface area contributed by atoms with Crippen LogP contribution < -0.4 is 5.32 Å². The summed E-state index contributed by atoms with van der Waals surface area (Å²) in [5.74, 6) is -0.268. The SMILES string of the molecule is CON(C)C(=O)c1csc(Nc2ccc(C)cc2)n1. The number of benzene rings is 1. The Morgan fingerprint density at radius 3 is 2.68 bits per heavy atom. The van der Waals surface area contributed by atoms with E-state index in [0.29, 0.717) is 10.8 Å². The zero-order chi connectivity index (χ0) is 13.8. The highest BCUT2D eigenvalue weighted by atomic mass is 32.1. The van der Waals surface area contributed by atoms with Crippen molar-refractivity contribution < 1.29 is 9.63 Å². The van der Waals surface area contributed by atoms with E-state index in [2.05, 4.69) is 10.3 Å². The van der Waals surface area contributed by atoms with Gasteiger partial charge in [0.1, 0.15) is 5.69 Å². The minimum Gasteiger partial charge on any atom is -0.332 e. The van der Waals surface area contributed by atoms with Gasteiger partial charge < -0.3 is 5.32 Å². The van der Waals surface area contributed by atoms with E-state index in [1.54, 1.807) is 12.4 Å². The number of carbonyl (C=O) groups excluding carboxylic acids is 1. The van der Waals surface area contributed by atoms with Crippen LogP contribution in [0.2, 0.25) is 0 Å². The Labute approximate surface area is 115 Å². The first-order valence-electron chi connectivity index (χ1n) is 5.71. The highest BCUT2D eigenvalue weighted by Gasteiger charge is 2.15. The van der Waals surface area contributed by atoms with Gasteiger partial charge in [-0.05, 0) is 19.1 Å². The van der Waals surface area contributed by atoms with Gasteiger partial charge >= 0.3 is 0 Å². The van der Waals surface area contributed by atoms with Crippen molar-refractivity contribution in [3.8, 4) is 0 Å². The molecule has 0 aliphatic rings. The molecule has 0 saturated carbocycles. The third kappa shape index (κ3) is 3.30. The van der Waals surface area contributed by atoms with Crippen LogP contribution in [-0.4, -0.2) is 30.1 Å². The molecule has 1 heterocycles. The minimum absolute atomic E-state index is 0.268. The predicted molar refractivity (Wildman–Crippen MR) is 75.7 cm³/mol. The molecule has 0 spiro atoms. The summed E-state index contributed by atoms with van der Waals surface area (Å²) < 4.78 is 0. The van der Waals surface area contributed by atoms with Gasteiger partial charge in [0, 0.05) is 18.1 Å². The van der Waals surface area contributed by atoms with Crippen molar-refractivity contribution in [2.45, 2.75) is 6.92 Å². The molecule has 0 fully saturated rings. The van der Waals surface area contributed by atoms with E-state index < -0.39 is 0 Å². The van der Waals surface area contributed by atoms with E-state index in [1.165, 1.54) is 24.0 Å². The lowest BCUT2D eigenvalue weighted by Crippen LogP contribution is -2.25. The molecule has 1 N–H and O–H groups in total. The van der Waals surface area contributed by atoms with Gasteiger partial charge in [-0.25, -0.2) is 10.0 Å². The average molecular weight is 277 g/mol. The second-order valence-electron chi connectivity index (χ2n) is 4.01. The molecule has 6 heteroatoms. The van der Waals surface area contributed by atoms with Gasteiger partial charge in [0.05, 0.1) is 7.11 Å². The number of nitrogens with one attached hydrogen (secondary N) is 1.